The van der Waals surface area contributed by atoms with Gasteiger partial charge in [0.1, 0.15) is 12.0 Å². The van der Waals surface area contributed by atoms with Crippen LogP contribution in [0.2, 0.25) is 0 Å². The Hall–Kier alpha value is -1.52. The Kier molecular flexibility index (Phi) is 5.44. The fourth-order valence-corrected chi connectivity index (χ4v) is 2.79. The molecule has 1 aromatic heterocycles. The van der Waals surface area contributed by atoms with Crippen LogP contribution in [0.4, 0.5) is 11.5 Å². The van der Waals surface area contributed by atoms with Gasteiger partial charge in [-0.2, -0.15) is 4.98 Å². The minimum Gasteiger partial charge on any atom is -0.476 e. The van der Waals surface area contributed by atoms with E-state index in [0.717, 1.165) is 25.2 Å². The molecule has 2 heterocycles. The van der Waals surface area contributed by atoms with Gasteiger partial charge in [0.05, 0.1) is 6.61 Å². The lowest BCUT2D eigenvalue weighted by atomic mass is 10.1. The van der Waals surface area contributed by atoms with Crippen LogP contribution in [0, 0.1) is 0 Å². The van der Waals surface area contributed by atoms with Crippen molar-refractivity contribution in [1.82, 2.24) is 9.97 Å². The van der Waals surface area contributed by atoms with Crippen molar-refractivity contribution in [3.63, 3.8) is 0 Å². The number of ether oxygens (including phenoxy) is 1. The molecule has 1 aromatic rings. The van der Waals surface area contributed by atoms with Crippen LogP contribution >= 0.6 is 0 Å². The van der Waals surface area contributed by atoms with E-state index in [2.05, 4.69) is 28.7 Å². The fraction of sp³-hybridized carbons (Fsp3) is 0.733. The summed E-state index contributed by atoms with van der Waals surface area (Å²) in [5.41, 5.74) is 6.82. The molecule has 5 heteroatoms. The second-order valence-corrected chi connectivity index (χ2v) is 5.37. The minimum absolute atomic E-state index is 0.522. The summed E-state index contributed by atoms with van der Waals surface area (Å²) in [6.45, 7) is 5.96. The van der Waals surface area contributed by atoms with Gasteiger partial charge in [0, 0.05) is 12.6 Å². The van der Waals surface area contributed by atoms with Gasteiger partial charge in [-0.25, -0.2) is 4.98 Å². The highest BCUT2D eigenvalue weighted by atomic mass is 16.5. The van der Waals surface area contributed by atoms with E-state index in [0.29, 0.717) is 24.2 Å². The summed E-state index contributed by atoms with van der Waals surface area (Å²) in [5, 5.41) is 0. The highest BCUT2D eigenvalue weighted by molar-refractivity contribution is 5.68. The molecule has 5 nitrogen and oxygen atoms in total. The minimum atomic E-state index is 0.522. The lowest BCUT2D eigenvalue weighted by Gasteiger charge is -2.31. The summed E-state index contributed by atoms with van der Waals surface area (Å²) in [5.74, 6) is 1.37. The number of nitrogens with zero attached hydrogens (tertiary/aromatic N) is 3. The van der Waals surface area contributed by atoms with Crippen molar-refractivity contribution in [3.05, 3.63) is 6.33 Å². The highest BCUT2D eigenvalue weighted by Gasteiger charge is 2.24. The summed E-state index contributed by atoms with van der Waals surface area (Å²) in [4.78, 5) is 10.9. The molecule has 0 aliphatic carbocycles. The summed E-state index contributed by atoms with van der Waals surface area (Å²) in [6, 6.07) is 0.522. The van der Waals surface area contributed by atoms with Crippen LogP contribution in [0.15, 0.2) is 6.33 Å². The van der Waals surface area contributed by atoms with E-state index in [4.69, 9.17) is 10.5 Å². The van der Waals surface area contributed by atoms with Crippen molar-refractivity contribution in [2.24, 2.45) is 0 Å². The summed E-state index contributed by atoms with van der Waals surface area (Å²) >= 11 is 0. The molecule has 1 aliphatic rings. The van der Waals surface area contributed by atoms with Crippen molar-refractivity contribution in [2.45, 2.75) is 58.4 Å². The van der Waals surface area contributed by atoms with Gasteiger partial charge in [-0.15, -0.1) is 0 Å². The summed E-state index contributed by atoms with van der Waals surface area (Å²) < 4.78 is 5.61. The predicted molar refractivity (Wildman–Crippen MR) is 82.1 cm³/mol. The molecule has 112 valence electrons. The number of aromatic nitrogens is 2. The number of nitrogen functional groups attached to an aromatic ring is 1. The number of nitrogens with two attached hydrogens (primary N) is 1. The van der Waals surface area contributed by atoms with E-state index in [1.54, 1.807) is 6.33 Å². The summed E-state index contributed by atoms with van der Waals surface area (Å²) in [6.07, 6.45) is 8.62. The largest absolute Gasteiger partial charge is 0.476 e. The molecule has 0 saturated carbocycles. The van der Waals surface area contributed by atoms with Crippen LogP contribution in [0.3, 0.4) is 0 Å². The van der Waals surface area contributed by atoms with E-state index in [-0.39, 0.29) is 0 Å². The summed E-state index contributed by atoms with van der Waals surface area (Å²) in [7, 11) is 0. The zero-order valence-corrected chi connectivity index (χ0v) is 12.6. The third-order valence-corrected chi connectivity index (χ3v) is 3.89. The van der Waals surface area contributed by atoms with E-state index >= 15 is 0 Å². The Morgan fingerprint density at radius 3 is 2.90 bits per heavy atom. The molecular weight excluding hydrogens is 252 g/mol. The smallest absolute Gasteiger partial charge is 0.242 e. The van der Waals surface area contributed by atoms with Crippen LogP contribution in [0.5, 0.6) is 5.88 Å². The molecule has 0 bridgehead atoms. The first-order valence-corrected chi connectivity index (χ1v) is 7.77. The van der Waals surface area contributed by atoms with Gasteiger partial charge in [0.25, 0.3) is 0 Å². The number of hydrogen-bond donors (Lipinski definition) is 1. The molecule has 0 amide bonds. The SMILES string of the molecule is CCCOc1ncnc(N2CCCCCC2CC)c1N. The van der Waals surface area contributed by atoms with Crippen LogP contribution in [-0.4, -0.2) is 29.2 Å². The van der Waals surface area contributed by atoms with Gasteiger partial charge < -0.3 is 15.4 Å². The maximum absolute atomic E-state index is 6.23. The second kappa shape index (κ2) is 7.31. The number of hydrogen-bond acceptors (Lipinski definition) is 5. The van der Waals surface area contributed by atoms with Crippen molar-refractivity contribution >= 4 is 11.5 Å². The molecule has 0 radical (unpaired) electrons. The third kappa shape index (κ3) is 3.32. The average molecular weight is 278 g/mol. The average Bonchev–Trinajstić information content (AvgIpc) is 2.71. The molecule has 0 aromatic carbocycles. The van der Waals surface area contributed by atoms with Gasteiger partial charge in [-0.05, 0) is 25.7 Å². The Bertz CT molecular complexity index is 424. The lowest BCUT2D eigenvalue weighted by molar-refractivity contribution is 0.306. The zero-order chi connectivity index (χ0) is 14.4. The van der Waals surface area contributed by atoms with Crippen molar-refractivity contribution in [2.75, 3.05) is 23.8 Å². The van der Waals surface area contributed by atoms with E-state index < -0.39 is 0 Å². The van der Waals surface area contributed by atoms with Crippen molar-refractivity contribution < 1.29 is 4.74 Å². The van der Waals surface area contributed by atoms with Crippen LogP contribution in [0.25, 0.3) is 0 Å². The molecular formula is C15H26N4O. The van der Waals surface area contributed by atoms with Crippen molar-refractivity contribution in [3.8, 4) is 5.88 Å². The molecule has 1 atom stereocenters. The molecule has 2 N–H and O–H groups in total. The van der Waals surface area contributed by atoms with Gasteiger partial charge in [-0.3, -0.25) is 0 Å². The molecule has 1 saturated heterocycles. The van der Waals surface area contributed by atoms with Gasteiger partial charge in [-0.1, -0.05) is 26.7 Å². The normalized spacial score (nSPS) is 19.7. The van der Waals surface area contributed by atoms with E-state index in [9.17, 15) is 0 Å². The Balaban J connectivity index is 2.25. The standard InChI is InChI=1S/C15H26N4O/c1-3-10-20-15-13(16)14(17-11-18-15)19-9-7-5-6-8-12(19)4-2/h11-12H,3-10,16H2,1-2H3. The molecule has 20 heavy (non-hydrogen) atoms. The lowest BCUT2D eigenvalue weighted by Crippen LogP contribution is -2.35. The molecule has 1 unspecified atom stereocenters. The Morgan fingerprint density at radius 1 is 1.30 bits per heavy atom. The topological polar surface area (TPSA) is 64.3 Å². The molecule has 0 spiro atoms. The first kappa shape index (κ1) is 14.9. The molecule has 1 fully saturated rings. The number of anilines is 2. The van der Waals surface area contributed by atoms with Gasteiger partial charge in [0.15, 0.2) is 5.82 Å². The Morgan fingerprint density at radius 2 is 2.15 bits per heavy atom. The first-order valence-electron chi connectivity index (χ1n) is 7.77. The van der Waals surface area contributed by atoms with E-state index in [1.807, 2.05) is 0 Å². The van der Waals surface area contributed by atoms with E-state index in [1.165, 1.54) is 25.7 Å². The highest BCUT2D eigenvalue weighted by Crippen LogP contribution is 2.32. The van der Waals surface area contributed by atoms with Gasteiger partial charge >= 0.3 is 0 Å². The fourth-order valence-electron chi connectivity index (χ4n) is 2.79. The van der Waals surface area contributed by atoms with Crippen LogP contribution < -0.4 is 15.4 Å². The monoisotopic (exact) mass is 278 g/mol. The molecule has 2 rings (SSSR count). The Labute approximate surface area is 121 Å². The predicted octanol–water partition coefficient (Wildman–Crippen LogP) is 3.01. The van der Waals surface area contributed by atoms with Crippen LogP contribution in [0.1, 0.15) is 52.4 Å². The van der Waals surface area contributed by atoms with Gasteiger partial charge in [0.2, 0.25) is 5.88 Å². The second-order valence-electron chi connectivity index (χ2n) is 5.37. The van der Waals surface area contributed by atoms with Crippen LogP contribution in [-0.2, 0) is 0 Å². The zero-order valence-electron chi connectivity index (χ0n) is 12.6. The number of rotatable bonds is 5. The third-order valence-electron chi connectivity index (χ3n) is 3.89. The first-order chi connectivity index (χ1) is 9.77. The molecule has 1 aliphatic heterocycles. The van der Waals surface area contributed by atoms with Crippen molar-refractivity contribution in [1.29, 1.82) is 0 Å². The maximum Gasteiger partial charge on any atom is 0.242 e. The maximum atomic E-state index is 6.23. The quantitative estimate of drug-likeness (QED) is 0.897.